The molecule has 1 heterocycles. The molecule has 0 radical (unpaired) electrons. The zero-order chi connectivity index (χ0) is 13.3. The molecule has 5 heteroatoms. The first-order valence-electron chi connectivity index (χ1n) is 5.47. The lowest BCUT2D eigenvalue weighted by atomic mass is 10.1. The summed E-state index contributed by atoms with van der Waals surface area (Å²) in [6.07, 6.45) is 0. The number of rotatable bonds is 2. The van der Waals surface area contributed by atoms with Crippen molar-refractivity contribution in [1.82, 2.24) is 9.97 Å². The Bertz CT molecular complexity index is 579. The number of halogens is 1. The fourth-order valence-electron chi connectivity index (χ4n) is 1.75. The molecule has 18 heavy (non-hydrogen) atoms. The molecule has 0 bridgehead atoms. The standard InChI is InChI=1S/C13H14ClN3O/c1-7-4-12(18-3)9(5-10(7)14)11-6-13(15)17-8(2)16-11/h4-6H,1-3H3,(H2,15,16,17). The highest BCUT2D eigenvalue weighted by Gasteiger charge is 2.11. The minimum Gasteiger partial charge on any atom is -0.496 e. The number of anilines is 1. The van der Waals surface area contributed by atoms with E-state index in [0.717, 1.165) is 16.9 Å². The monoisotopic (exact) mass is 263 g/mol. The largest absolute Gasteiger partial charge is 0.496 e. The summed E-state index contributed by atoms with van der Waals surface area (Å²) in [7, 11) is 1.61. The van der Waals surface area contributed by atoms with Gasteiger partial charge in [0.15, 0.2) is 0 Å². The maximum Gasteiger partial charge on any atom is 0.128 e. The first-order chi connectivity index (χ1) is 8.51. The second kappa shape index (κ2) is 4.82. The van der Waals surface area contributed by atoms with Gasteiger partial charge in [0.25, 0.3) is 0 Å². The van der Waals surface area contributed by atoms with E-state index in [-0.39, 0.29) is 0 Å². The van der Waals surface area contributed by atoms with Crippen molar-refractivity contribution in [3.05, 3.63) is 34.6 Å². The summed E-state index contributed by atoms with van der Waals surface area (Å²) in [6, 6.07) is 5.42. The average molecular weight is 264 g/mol. The SMILES string of the molecule is COc1cc(C)c(Cl)cc1-c1cc(N)nc(C)n1. The Morgan fingerprint density at radius 1 is 1.17 bits per heavy atom. The number of ether oxygens (including phenoxy) is 1. The van der Waals surface area contributed by atoms with E-state index in [1.165, 1.54) is 0 Å². The van der Waals surface area contributed by atoms with Crippen molar-refractivity contribution >= 4 is 17.4 Å². The second-order valence-electron chi connectivity index (χ2n) is 4.03. The Morgan fingerprint density at radius 2 is 1.89 bits per heavy atom. The molecule has 0 spiro atoms. The molecule has 4 nitrogen and oxygen atoms in total. The van der Waals surface area contributed by atoms with Crippen LogP contribution in [0.3, 0.4) is 0 Å². The number of nitrogens with zero attached hydrogens (tertiary/aromatic N) is 2. The van der Waals surface area contributed by atoms with Crippen molar-refractivity contribution in [3.8, 4) is 17.0 Å². The second-order valence-corrected chi connectivity index (χ2v) is 4.43. The summed E-state index contributed by atoms with van der Waals surface area (Å²) >= 11 is 6.14. The summed E-state index contributed by atoms with van der Waals surface area (Å²) in [5.74, 6) is 1.76. The van der Waals surface area contributed by atoms with Crippen molar-refractivity contribution in [1.29, 1.82) is 0 Å². The van der Waals surface area contributed by atoms with Gasteiger partial charge < -0.3 is 10.5 Å². The molecule has 2 rings (SSSR count). The van der Waals surface area contributed by atoms with Gasteiger partial charge in [-0.1, -0.05) is 11.6 Å². The summed E-state index contributed by atoms with van der Waals surface area (Å²) in [4.78, 5) is 8.40. The van der Waals surface area contributed by atoms with Crippen molar-refractivity contribution in [3.63, 3.8) is 0 Å². The Balaban J connectivity index is 2.65. The zero-order valence-electron chi connectivity index (χ0n) is 10.5. The van der Waals surface area contributed by atoms with E-state index in [0.29, 0.717) is 22.4 Å². The van der Waals surface area contributed by atoms with Gasteiger partial charge in [-0.25, -0.2) is 9.97 Å². The van der Waals surface area contributed by atoms with Crippen molar-refractivity contribution in [2.24, 2.45) is 0 Å². The number of aromatic nitrogens is 2. The smallest absolute Gasteiger partial charge is 0.128 e. The minimum absolute atomic E-state index is 0.427. The van der Waals surface area contributed by atoms with Crippen LogP contribution in [0.1, 0.15) is 11.4 Å². The van der Waals surface area contributed by atoms with Crippen molar-refractivity contribution in [2.75, 3.05) is 12.8 Å². The highest BCUT2D eigenvalue weighted by molar-refractivity contribution is 6.31. The number of benzene rings is 1. The Morgan fingerprint density at radius 3 is 2.50 bits per heavy atom. The summed E-state index contributed by atoms with van der Waals surface area (Å²) < 4.78 is 5.36. The first kappa shape index (κ1) is 12.6. The molecule has 0 atom stereocenters. The number of nitrogens with two attached hydrogens (primary N) is 1. The fraction of sp³-hybridized carbons (Fsp3) is 0.231. The lowest BCUT2D eigenvalue weighted by Crippen LogP contribution is -1.99. The molecule has 0 unspecified atom stereocenters. The average Bonchev–Trinajstić information content (AvgIpc) is 2.30. The van der Waals surface area contributed by atoms with Gasteiger partial charge in [-0.15, -0.1) is 0 Å². The molecule has 0 amide bonds. The number of aryl methyl sites for hydroxylation is 2. The summed E-state index contributed by atoms with van der Waals surface area (Å²) in [6.45, 7) is 3.72. The van der Waals surface area contributed by atoms with Gasteiger partial charge in [-0.2, -0.15) is 0 Å². The van der Waals surface area contributed by atoms with Crippen LogP contribution in [0.25, 0.3) is 11.3 Å². The van der Waals surface area contributed by atoms with Crippen LogP contribution in [-0.2, 0) is 0 Å². The first-order valence-corrected chi connectivity index (χ1v) is 5.84. The van der Waals surface area contributed by atoms with E-state index in [9.17, 15) is 0 Å². The molecule has 1 aromatic heterocycles. The van der Waals surface area contributed by atoms with Crippen LogP contribution in [0.2, 0.25) is 5.02 Å². The normalized spacial score (nSPS) is 10.4. The minimum atomic E-state index is 0.427. The summed E-state index contributed by atoms with van der Waals surface area (Å²) in [5.41, 5.74) is 8.20. The van der Waals surface area contributed by atoms with Crippen LogP contribution in [0, 0.1) is 13.8 Å². The predicted octanol–water partition coefficient (Wildman–Crippen LogP) is 3.00. The topological polar surface area (TPSA) is 61.0 Å². The quantitative estimate of drug-likeness (QED) is 0.905. The molecule has 94 valence electrons. The van der Waals surface area contributed by atoms with Gasteiger partial charge >= 0.3 is 0 Å². The Hall–Kier alpha value is -1.81. The van der Waals surface area contributed by atoms with Crippen LogP contribution in [0.5, 0.6) is 5.75 Å². The number of hydrogen-bond donors (Lipinski definition) is 1. The van der Waals surface area contributed by atoms with E-state index < -0.39 is 0 Å². The van der Waals surface area contributed by atoms with Crippen molar-refractivity contribution < 1.29 is 4.74 Å². The third-order valence-corrected chi connectivity index (χ3v) is 3.02. The lowest BCUT2D eigenvalue weighted by molar-refractivity contribution is 0.416. The molecule has 0 saturated heterocycles. The van der Waals surface area contributed by atoms with Gasteiger partial charge in [-0.3, -0.25) is 0 Å². The third-order valence-electron chi connectivity index (χ3n) is 2.61. The summed E-state index contributed by atoms with van der Waals surface area (Å²) in [5, 5.41) is 0.667. The molecule has 1 aromatic carbocycles. The van der Waals surface area contributed by atoms with Crippen LogP contribution in [0.15, 0.2) is 18.2 Å². The molecule has 2 aromatic rings. The van der Waals surface area contributed by atoms with E-state index in [4.69, 9.17) is 22.1 Å². The molecule has 0 aliphatic carbocycles. The maximum absolute atomic E-state index is 6.14. The van der Waals surface area contributed by atoms with Gasteiger partial charge in [0, 0.05) is 16.7 Å². The fourth-order valence-corrected chi connectivity index (χ4v) is 1.92. The van der Waals surface area contributed by atoms with Crippen LogP contribution in [0.4, 0.5) is 5.82 Å². The lowest BCUT2D eigenvalue weighted by Gasteiger charge is -2.11. The van der Waals surface area contributed by atoms with Crippen molar-refractivity contribution in [2.45, 2.75) is 13.8 Å². The molecule has 0 aliphatic heterocycles. The molecular formula is C13H14ClN3O. The van der Waals surface area contributed by atoms with E-state index in [1.54, 1.807) is 20.1 Å². The molecule has 0 fully saturated rings. The Labute approximate surface area is 111 Å². The highest BCUT2D eigenvalue weighted by atomic mass is 35.5. The van der Waals surface area contributed by atoms with Gasteiger partial charge in [-0.05, 0) is 31.5 Å². The molecule has 0 aliphatic rings. The number of hydrogen-bond acceptors (Lipinski definition) is 4. The van der Waals surface area contributed by atoms with Gasteiger partial charge in [0.2, 0.25) is 0 Å². The van der Waals surface area contributed by atoms with E-state index in [1.807, 2.05) is 19.1 Å². The van der Waals surface area contributed by atoms with Crippen LogP contribution >= 0.6 is 11.6 Å². The van der Waals surface area contributed by atoms with Gasteiger partial charge in [0.05, 0.1) is 12.8 Å². The predicted molar refractivity (Wildman–Crippen MR) is 72.9 cm³/mol. The highest BCUT2D eigenvalue weighted by Crippen LogP contribution is 2.34. The van der Waals surface area contributed by atoms with Gasteiger partial charge in [0.1, 0.15) is 17.4 Å². The zero-order valence-corrected chi connectivity index (χ0v) is 11.2. The van der Waals surface area contributed by atoms with E-state index in [2.05, 4.69) is 9.97 Å². The molecular weight excluding hydrogens is 250 g/mol. The Kier molecular flexibility index (Phi) is 3.39. The van der Waals surface area contributed by atoms with E-state index >= 15 is 0 Å². The molecule has 2 N–H and O–H groups in total. The molecule has 0 saturated carbocycles. The maximum atomic E-state index is 6.14. The number of nitrogen functional groups attached to an aromatic ring is 1. The third kappa shape index (κ3) is 2.38. The number of methoxy groups -OCH3 is 1. The van der Waals surface area contributed by atoms with Crippen LogP contribution < -0.4 is 10.5 Å². The van der Waals surface area contributed by atoms with Crippen LogP contribution in [-0.4, -0.2) is 17.1 Å².